The van der Waals surface area contributed by atoms with Crippen LogP contribution in [0.15, 0.2) is 18.2 Å². The van der Waals surface area contributed by atoms with Gasteiger partial charge in [0, 0.05) is 0 Å². The number of hydrogen-bond donors (Lipinski definition) is 0. The van der Waals surface area contributed by atoms with Gasteiger partial charge in [-0.25, -0.2) is 0 Å². The molecule has 132 valence electrons. The Bertz CT molecular complexity index is 486. The quantitative estimate of drug-likeness (QED) is 0.507. The number of benzene rings is 1. The normalized spacial score (nSPS) is 10.1. The topological polar surface area (TPSA) is 78.9 Å². The summed E-state index contributed by atoms with van der Waals surface area (Å²) in [5, 5.41) is 0. The van der Waals surface area contributed by atoms with Crippen molar-refractivity contribution < 1.29 is 28.6 Å². The minimum Gasteiger partial charge on any atom is -0.466 e. The van der Waals surface area contributed by atoms with Gasteiger partial charge in [0.2, 0.25) is 0 Å². The zero-order valence-electron chi connectivity index (χ0n) is 14.4. The molecule has 0 bridgehead atoms. The van der Waals surface area contributed by atoms with Gasteiger partial charge in [-0.05, 0) is 37.5 Å². The van der Waals surface area contributed by atoms with Gasteiger partial charge in [-0.1, -0.05) is 18.2 Å². The molecule has 0 heterocycles. The van der Waals surface area contributed by atoms with Gasteiger partial charge in [-0.3, -0.25) is 14.4 Å². The maximum Gasteiger partial charge on any atom is 0.310 e. The highest BCUT2D eigenvalue weighted by atomic mass is 16.5. The summed E-state index contributed by atoms with van der Waals surface area (Å²) in [5.74, 6) is -1.06. The number of esters is 3. The van der Waals surface area contributed by atoms with Gasteiger partial charge in [0.05, 0.1) is 39.1 Å². The van der Waals surface area contributed by atoms with Crippen LogP contribution in [0.3, 0.4) is 0 Å². The van der Waals surface area contributed by atoms with Crippen molar-refractivity contribution in [2.45, 2.75) is 40.0 Å². The van der Waals surface area contributed by atoms with E-state index in [0.29, 0.717) is 36.5 Å². The second kappa shape index (κ2) is 10.4. The Morgan fingerprint density at radius 2 is 0.875 bits per heavy atom. The molecule has 0 saturated heterocycles. The molecule has 0 N–H and O–H groups in total. The number of carbonyl (C=O) groups excluding carboxylic acids is 3. The van der Waals surface area contributed by atoms with E-state index in [-0.39, 0.29) is 37.2 Å². The average molecular weight is 336 g/mol. The Balaban J connectivity index is 2.97. The molecule has 1 rings (SSSR count). The first-order valence-electron chi connectivity index (χ1n) is 8.07. The molecule has 0 aliphatic carbocycles. The van der Waals surface area contributed by atoms with Crippen molar-refractivity contribution in [3.63, 3.8) is 0 Å². The molecule has 0 aliphatic heterocycles. The predicted molar refractivity (Wildman–Crippen MR) is 87.5 cm³/mol. The Labute approximate surface area is 142 Å². The van der Waals surface area contributed by atoms with Crippen LogP contribution in [0.1, 0.15) is 37.5 Å². The molecular formula is C18H24O6. The molecule has 0 aromatic heterocycles. The smallest absolute Gasteiger partial charge is 0.310 e. The zero-order valence-corrected chi connectivity index (χ0v) is 14.4. The molecule has 24 heavy (non-hydrogen) atoms. The zero-order chi connectivity index (χ0) is 17.9. The van der Waals surface area contributed by atoms with Gasteiger partial charge < -0.3 is 14.2 Å². The largest absolute Gasteiger partial charge is 0.466 e. The van der Waals surface area contributed by atoms with Crippen molar-refractivity contribution >= 4 is 17.9 Å². The van der Waals surface area contributed by atoms with E-state index in [4.69, 9.17) is 14.2 Å². The molecule has 0 saturated carbocycles. The first kappa shape index (κ1) is 19.7. The summed E-state index contributed by atoms with van der Waals surface area (Å²) in [4.78, 5) is 35.0. The number of hydrogen-bond acceptors (Lipinski definition) is 6. The van der Waals surface area contributed by atoms with E-state index >= 15 is 0 Å². The van der Waals surface area contributed by atoms with Crippen LogP contribution in [-0.4, -0.2) is 37.7 Å². The molecule has 0 spiro atoms. The highest BCUT2D eigenvalue weighted by molar-refractivity contribution is 5.76. The lowest BCUT2D eigenvalue weighted by atomic mass is 10.00. The van der Waals surface area contributed by atoms with E-state index in [1.807, 2.05) is 0 Å². The Kier molecular flexibility index (Phi) is 8.54. The van der Waals surface area contributed by atoms with Crippen molar-refractivity contribution in [3.05, 3.63) is 34.9 Å². The molecular weight excluding hydrogens is 312 g/mol. The highest BCUT2D eigenvalue weighted by Gasteiger charge is 2.12. The summed E-state index contributed by atoms with van der Waals surface area (Å²) in [6, 6.07) is 5.26. The fraction of sp³-hybridized carbons (Fsp3) is 0.500. The van der Waals surface area contributed by atoms with Crippen LogP contribution in [0.5, 0.6) is 0 Å². The van der Waals surface area contributed by atoms with E-state index < -0.39 is 0 Å². The van der Waals surface area contributed by atoms with Gasteiger partial charge in [0.15, 0.2) is 0 Å². The van der Waals surface area contributed by atoms with Crippen LogP contribution in [0.25, 0.3) is 0 Å². The Morgan fingerprint density at radius 3 is 1.08 bits per heavy atom. The van der Waals surface area contributed by atoms with Crippen molar-refractivity contribution in [2.24, 2.45) is 0 Å². The Hall–Kier alpha value is -2.37. The van der Waals surface area contributed by atoms with E-state index in [1.54, 1.807) is 39.0 Å². The monoisotopic (exact) mass is 336 g/mol. The van der Waals surface area contributed by atoms with Crippen LogP contribution < -0.4 is 0 Å². The lowest BCUT2D eigenvalue weighted by Gasteiger charge is -2.10. The maximum atomic E-state index is 11.7. The summed E-state index contributed by atoms with van der Waals surface area (Å²) in [5.41, 5.74) is 2.07. The fourth-order valence-electron chi connectivity index (χ4n) is 2.28. The third-order valence-electron chi connectivity index (χ3n) is 3.07. The van der Waals surface area contributed by atoms with Crippen molar-refractivity contribution in [2.75, 3.05) is 19.8 Å². The minimum absolute atomic E-state index is 0.0837. The third kappa shape index (κ3) is 7.26. The van der Waals surface area contributed by atoms with Crippen LogP contribution in [0.2, 0.25) is 0 Å². The van der Waals surface area contributed by atoms with E-state index in [9.17, 15) is 14.4 Å². The molecule has 0 aliphatic rings. The number of carbonyl (C=O) groups is 3. The first-order chi connectivity index (χ1) is 11.5. The molecule has 6 nitrogen and oxygen atoms in total. The molecule has 0 amide bonds. The van der Waals surface area contributed by atoms with Gasteiger partial charge in [0.25, 0.3) is 0 Å². The van der Waals surface area contributed by atoms with Crippen LogP contribution >= 0.6 is 0 Å². The van der Waals surface area contributed by atoms with Crippen molar-refractivity contribution in [1.82, 2.24) is 0 Å². The van der Waals surface area contributed by atoms with Gasteiger partial charge in [0.1, 0.15) is 0 Å². The first-order valence-corrected chi connectivity index (χ1v) is 8.07. The van der Waals surface area contributed by atoms with Crippen LogP contribution in [0.4, 0.5) is 0 Å². The molecule has 1 aromatic rings. The van der Waals surface area contributed by atoms with Crippen LogP contribution in [0, 0.1) is 0 Å². The number of rotatable bonds is 9. The summed E-state index contributed by atoms with van der Waals surface area (Å²) in [7, 11) is 0. The molecule has 0 radical (unpaired) electrons. The van der Waals surface area contributed by atoms with Crippen LogP contribution in [-0.2, 0) is 47.9 Å². The summed E-state index contributed by atoms with van der Waals surface area (Å²) in [6.45, 7) is 6.12. The fourth-order valence-corrected chi connectivity index (χ4v) is 2.28. The summed E-state index contributed by atoms with van der Waals surface area (Å²) < 4.78 is 14.8. The molecule has 0 unspecified atom stereocenters. The van der Waals surface area contributed by atoms with Crippen molar-refractivity contribution in [3.8, 4) is 0 Å². The van der Waals surface area contributed by atoms with E-state index in [2.05, 4.69) is 0 Å². The van der Waals surface area contributed by atoms with Gasteiger partial charge in [-0.15, -0.1) is 0 Å². The Morgan fingerprint density at radius 1 is 0.625 bits per heavy atom. The van der Waals surface area contributed by atoms with E-state index in [1.165, 1.54) is 0 Å². The molecule has 6 heteroatoms. The lowest BCUT2D eigenvalue weighted by Crippen LogP contribution is -2.12. The molecule has 1 aromatic carbocycles. The standard InChI is InChI=1S/C18H24O6/c1-4-22-16(19)10-13-7-14(11-17(20)23-5-2)9-15(8-13)12-18(21)24-6-3/h7-9H,4-6,10-12H2,1-3H3. The summed E-state index contributed by atoms with van der Waals surface area (Å²) in [6.07, 6.45) is 0.251. The van der Waals surface area contributed by atoms with Gasteiger partial charge in [-0.2, -0.15) is 0 Å². The lowest BCUT2D eigenvalue weighted by molar-refractivity contribution is -0.143. The maximum absolute atomic E-state index is 11.7. The van der Waals surface area contributed by atoms with Gasteiger partial charge >= 0.3 is 17.9 Å². The predicted octanol–water partition coefficient (Wildman–Crippen LogP) is 2.00. The van der Waals surface area contributed by atoms with Crippen molar-refractivity contribution in [1.29, 1.82) is 0 Å². The molecule has 0 atom stereocenters. The SMILES string of the molecule is CCOC(=O)Cc1cc(CC(=O)OCC)cc(CC(=O)OCC)c1. The summed E-state index contributed by atoms with van der Waals surface area (Å²) >= 11 is 0. The third-order valence-corrected chi connectivity index (χ3v) is 3.07. The number of ether oxygens (including phenoxy) is 3. The second-order valence-electron chi connectivity index (χ2n) is 5.10. The average Bonchev–Trinajstić information content (AvgIpc) is 2.47. The highest BCUT2D eigenvalue weighted by Crippen LogP contribution is 2.14. The molecule has 0 fully saturated rings. The van der Waals surface area contributed by atoms with E-state index in [0.717, 1.165) is 0 Å². The minimum atomic E-state index is -0.354. The second-order valence-corrected chi connectivity index (χ2v) is 5.10.